The molecule has 0 radical (unpaired) electrons. The van der Waals surface area contributed by atoms with Gasteiger partial charge >= 0.3 is 6.03 Å². The maximum atomic E-state index is 13.2. The van der Waals surface area contributed by atoms with Gasteiger partial charge in [0.2, 0.25) is 11.8 Å². The molecule has 4 aromatic carbocycles. The molecule has 63 heavy (non-hydrogen) atoms. The van der Waals surface area contributed by atoms with Gasteiger partial charge in [-0.3, -0.25) is 9.59 Å². The number of nitrogen functional groups attached to an aromatic ring is 1. The van der Waals surface area contributed by atoms with Crippen molar-refractivity contribution in [3.05, 3.63) is 118 Å². The average molecular weight is 903 g/mol. The maximum Gasteiger partial charge on any atom is 0.316 e. The first-order valence-electron chi connectivity index (χ1n) is 20.9. The third-order valence-electron chi connectivity index (χ3n) is 12.2. The molecule has 4 saturated heterocycles. The van der Waals surface area contributed by atoms with Crippen LogP contribution in [0.1, 0.15) is 62.5 Å². The zero-order valence-corrected chi connectivity index (χ0v) is 36.5. The Morgan fingerprint density at radius 2 is 1.05 bits per heavy atom. The van der Waals surface area contributed by atoms with E-state index in [2.05, 4.69) is 16.0 Å². The Labute approximate surface area is 375 Å². The number of urea groups is 1. The fraction of sp³-hybridized carbons (Fsp3) is 0.340. The van der Waals surface area contributed by atoms with Crippen molar-refractivity contribution in [1.29, 1.82) is 0 Å². The summed E-state index contributed by atoms with van der Waals surface area (Å²) in [5.41, 5.74) is 15.2. The van der Waals surface area contributed by atoms with Gasteiger partial charge in [0.1, 0.15) is 23.1 Å². The first kappa shape index (κ1) is 45.0. The van der Waals surface area contributed by atoms with Crippen LogP contribution >= 0.6 is 23.2 Å². The minimum absolute atomic E-state index is 0.00366. The fourth-order valence-corrected chi connectivity index (χ4v) is 9.85. The van der Waals surface area contributed by atoms with Crippen LogP contribution in [0.4, 0.5) is 36.3 Å². The minimum Gasteiger partial charge on any atom is -0.495 e. The number of ether oxygens (including phenoxy) is 2. The highest BCUT2D eigenvalue weighted by molar-refractivity contribution is 6.32. The summed E-state index contributed by atoms with van der Waals surface area (Å²) in [6.45, 7) is 0. The lowest BCUT2D eigenvalue weighted by Gasteiger charge is -2.39. The minimum atomic E-state index is -0.731. The van der Waals surface area contributed by atoms with Crippen LogP contribution in [0.15, 0.2) is 84.9 Å². The predicted octanol–water partition coefficient (Wildman–Crippen LogP) is 9.34. The molecular formula is C47H51Cl2F2N7O5. The molecule has 0 spiro atoms. The van der Waals surface area contributed by atoms with Crippen LogP contribution in [0, 0.1) is 11.6 Å². The molecule has 0 aliphatic carbocycles. The Balaban J connectivity index is 0.000000190. The molecule has 4 aliphatic rings. The van der Waals surface area contributed by atoms with Crippen molar-refractivity contribution >= 4 is 75.9 Å². The van der Waals surface area contributed by atoms with Crippen LogP contribution in [-0.2, 0) is 9.59 Å². The molecule has 4 heterocycles. The lowest BCUT2D eigenvalue weighted by atomic mass is 9.96. The molecule has 7 N–H and O–H groups in total. The lowest BCUT2D eigenvalue weighted by molar-refractivity contribution is -0.131. The number of methoxy groups -OCH3 is 2. The molecule has 0 saturated carbocycles. The third kappa shape index (κ3) is 11.0. The Bertz CT molecular complexity index is 2340. The van der Waals surface area contributed by atoms with Crippen LogP contribution in [0.25, 0.3) is 12.2 Å². The summed E-state index contributed by atoms with van der Waals surface area (Å²) < 4.78 is 36.8. The molecule has 16 heteroatoms. The van der Waals surface area contributed by atoms with Gasteiger partial charge in [-0.15, -0.1) is 0 Å². The molecule has 4 fully saturated rings. The number of nitrogens with two attached hydrogens (primary N) is 2. The van der Waals surface area contributed by atoms with Gasteiger partial charge in [0.05, 0.1) is 30.0 Å². The van der Waals surface area contributed by atoms with Crippen LogP contribution in [-0.4, -0.2) is 78.1 Å². The van der Waals surface area contributed by atoms with E-state index in [9.17, 15) is 23.2 Å². The molecular weight excluding hydrogens is 851 g/mol. The van der Waals surface area contributed by atoms with Crippen LogP contribution in [0.5, 0.6) is 11.5 Å². The van der Waals surface area contributed by atoms with Crippen molar-refractivity contribution in [2.24, 2.45) is 5.73 Å². The van der Waals surface area contributed by atoms with Gasteiger partial charge in [0.15, 0.2) is 0 Å². The summed E-state index contributed by atoms with van der Waals surface area (Å²) in [5, 5.41) is 10.2. The summed E-state index contributed by atoms with van der Waals surface area (Å²) in [5.74, 6) is 0.349. The fourth-order valence-electron chi connectivity index (χ4n) is 9.36. The summed E-state index contributed by atoms with van der Waals surface area (Å²) in [6, 6.07) is 19.8. The van der Waals surface area contributed by atoms with Crippen molar-refractivity contribution in [2.45, 2.75) is 87.6 Å². The maximum absolute atomic E-state index is 13.2. The Hall–Kier alpha value is -5.99. The third-order valence-corrected chi connectivity index (χ3v) is 12.7. The highest BCUT2D eigenvalue weighted by Crippen LogP contribution is 2.39. The van der Waals surface area contributed by atoms with E-state index in [1.165, 1.54) is 50.6 Å². The van der Waals surface area contributed by atoms with Crippen molar-refractivity contribution in [3.63, 3.8) is 0 Å². The van der Waals surface area contributed by atoms with Gasteiger partial charge in [-0.2, -0.15) is 0 Å². The van der Waals surface area contributed by atoms with E-state index in [-0.39, 0.29) is 59.7 Å². The van der Waals surface area contributed by atoms with Crippen LogP contribution in [0.2, 0.25) is 10.0 Å². The number of nitrogens with one attached hydrogen (secondary N) is 3. The SMILES string of the molecule is COc1cc(/C=C/C(=O)N2[C@@H]3CC[C@H]2CC(Nc2ccc(F)cc2)C3)c(N)cc1Cl.COc1cc(/C=C/C(=O)N2[C@@H]3CC[C@H]2CC(Nc2ccc(F)cc2)C3)c(NC(N)=O)cc1Cl. The molecule has 12 nitrogen and oxygen atoms in total. The summed E-state index contributed by atoms with van der Waals surface area (Å²) >= 11 is 12.2. The second-order valence-corrected chi connectivity index (χ2v) is 17.1. The monoisotopic (exact) mass is 901 g/mol. The number of halogens is 4. The number of piperidine rings is 2. The van der Waals surface area contributed by atoms with Gasteiger partial charge in [-0.05, 0) is 136 Å². The van der Waals surface area contributed by atoms with E-state index < -0.39 is 6.03 Å². The van der Waals surface area contributed by atoms with Crippen molar-refractivity contribution in [2.75, 3.05) is 35.9 Å². The Morgan fingerprint density at radius 3 is 1.46 bits per heavy atom. The van der Waals surface area contributed by atoms with Crippen LogP contribution in [0.3, 0.4) is 0 Å². The quantitative estimate of drug-likeness (QED) is 0.0735. The van der Waals surface area contributed by atoms with E-state index >= 15 is 0 Å². The van der Waals surface area contributed by atoms with E-state index in [4.69, 9.17) is 44.1 Å². The molecule has 4 bridgehead atoms. The molecule has 0 aromatic heterocycles. The molecule has 2 unspecified atom stereocenters. The van der Waals surface area contributed by atoms with Gasteiger partial charge in [0.25, 0.3) is 0 Å². The molecule has 4 amide bonds. The zero-order valence-electron chi connectivity index (χ0n) is 35.0. The second kappa shape index (κ2) is 20.0. The number of benzene rings is 4. The number of carbonyl (C=O) groups is 3. The summed E-state index contributed by atoms with van der Waals surface area (Å²) in [6.07, 6.45) is 13.8. The van der Waals surface area contributed by atoms with Crippen molar-refractivity contribution in [3.8, 4) is 11.5 Å². The van der Waals surface area contributed by atoms with Gasteiger partial charge in [0, 0.05) is 76.6 Å². The predicted molar refractivity (Wildman–Crippen MR) is 245 cm³/mol. The zero-order chi connectivity index (χ0) is 44.8. The normalized spacial score (nSPS) is 22.4. The number of anilines is 4. The largest absolute Gasteiger partial charge is 0.495 e. The van der Waals surface area contributed by atoms with E-state index in [0.29, 0.717) is 44.0 Å². The molecule has 332 valence electrons. The standard InChI is InChI=1S/C24H26ClFN4O3.C23H25ClFN3O2/c1-33-22-10-14(21(13-20(22)25)29-24(27)32)2-9-23(31)30-18-7-8-19(30)12-17(11-18)28-16-5-3-15(26)4-6-16;1-30-22-10-14(21(26)13-20(22)24)2-9-23(29)28-18-7-8-19(28)12-17(11-18)27-16-5-3-15(25)4-6-16/h2-6,9-10,13,17-19,28H,7-8,11-12H2,1H3,(H3,27,29,32);2-6,9-10,13,17-19,27H,7-8,11-12,26H2,1H3/b2*9-2+/t2*17?,18-,19+. The Morgan fingerprint density at radius 1 is 0.651 bits per heavy atom. The Kier molecular flexibility index (Phi) is 14.3. The van der Waals surface area contributed by atoms with E-state index in [1.807, 2.05) is 9.80 Å². The van der Waals surface area contributed by atoms with Crippen molar-refractivity contribution < 1.29 is 32.6 Å². The van der Waals surface area contributed by atoms with Gasteiger partial charge in [-0.1, -0.05) is 23.2 Å². The first-order chi connectivity index (χ1) is 30.3. The number of carbonyl (C=O) groups excluding carboxylic acids is 3. The summed E-state index contributed by atoms with van der Waals surface area (Å²) in [7, 11) is 3.03. The highest BCUT2D eigenvalue weighted by Gasteiger charge is 2.43. The topological polar surface area (TPSA) is 164 Å². The smallest absolute Gasteiger partial charge is 0.316 e. The van der Waals surface area contributed by atoms with Gasteiger partial charge < -0.3 is 46.7 Å². The van der Waals surface area contributed by atoms with Crippen LogP contribution < -0.4 is 36.9 Å². The summed E-state index contributed by atoms with van der Waals surface area (Å²) in [4.78, 5) is 41.4. The first-order valence-corrected chi connectivity index (χ1v) is 21.7. The van der Waals surface area contributed by atoms with E-state index in [0.717, 1.165) is 62.7 Å². The molecule has 6 atom stereocenters. The molecule has 4 aromatic rings. The number of rotatable bonds is 11. The number of fused-ring (bicyclic) bond motifs is 4. The lowest BCUT2D eigenvalue weighted by Crippen LogP contribution is -2.49. The van der Waals surface area contributed by atoms with Crippen molar-refractivity contribution in [1.82, 2.24) is 9.80 Å². The van der Waals surface area contributed by atoms with E-state index in [1.54, 1.807) is 60.7 Å². The average Bonchev–Trinajstić information content (AvgIpc) is 3.69. The molecule has 4 aliphatic heterocycles. The number of amides is 4. The number of hydrogen-bond donors (Lipinski definition) is 5. The van der Waals surface area contributed by atoms with Gasteiger partial charge in [-0.25, -0.2) is 13.6 Å². The second-order valence-electron chi connectivity index (χ2n) is 16.2. The highest BCUT2D eigenvalue weighted by atomic mass is 35.5. The number of primary amides is 1. The number of nitrogens with zero attached hydrogens (tertiary/aromatic N) is 2. The molecule has 8 rings (SSSR count). The number of hydrogen-bond acceptors (Lipinski definition) is 8.